The van der Waals surface area contributed by atoms with Crippen molar-refractivity contribution in [1.29, 1.82) is 0 Å². The number of aliphatic hydroxyl groups is 4. The summed E-state index contributed by atoms with van der Waals surface area (Å²) in [6.07, 6.45) is 2.19. The fraction of sp³-hybridized carbons (Fsp3) is 0.667. The van der Waals surface area contributed by atoms with Gasteiger partial charge in [0.1, 0.15) is 0 Å². The third kappa shape index (κ3) is 9.12. The van der Waals surface area contributed by atoms with Crippen LogP contribution in [-0.4, -0.2) is 124 Å². The molecule has 0 aliphatic carbocycles. The second-order valence-electron chi connectivity index (χ2n) is 9.48. The molecule has 0 spiro atoms. The van der Waals surface area contributed by atoms with Crippen molar-refractivity contribution in [2.45, 2.75) is 37.0 Å². The Hall–Kier alpha value is -2.12. The van der Waals surface area contributed by atoms with E-state index in [0.717, 1.165) is 32.5 Å². The van der Waals surface area contributed by atoms with E-state index in [9.17, 15) is 30.0 Å². The van der Waals surface area contributed by atoms with Crippen molar-refractivity contribution in [3.05, 3.63) is 35.9 Å². The Bertz CT molecular complexity index is 756. The maximum absolute atomic E-state index is 11.7. The van der Waals surface area contributed by atoms with E-state index >= 15 is 0 Å². The van der Waals surface area contributed by atoms with Gasteiger partial charge >= 0.3 is 0 Å². The number of hydrogen-bond donors (Lipinski definition) is 6. The number of amides is 2. The lowest BCUT2D eigenvalue weighted by Crippen LogP contribution is -2.56. The molecule has 1 heterocycles. The van der Waals surface area contributed by atoms with Gasteiger partial charge in [0, 0.05) is 19.6 Å². The Balaban J connectivity index is 2.17. The number of nitrogens with two attached hydrogens (primary N) is 2. The summed E-state index contributed by atoms with van der Waals surface area (Å²) in [5.74, 6) is -1.96. The number of carbonyl (C=O) groups is 2. The smallest absolute Gasteiger partial charge is 0.253 e. The van der Waals surface area contributed by atoms with Gasteiger partial charge in [0.15, 0.2) is 11.2 Å². The van der Waals surface area contributed by atoms with E-state index in [4.69, 9.17) is 11.5 Å². The summed E-state index contributed by atoms with van der Waals surface area (Å²) >= 11 is 0. The molecule has 198 valence electrons. The lowest BCUT2D eigenvalue weighted by Gasteiger charge is -2.35. The number of β-amino-alcohol motifs (C(OH)–C–C–N with tert-alkyl or cyclic N) is 2. The van der Waals surface area contributed by atoms with Gasteiger partial charge in [0.25, 0.3) is 11.8 Å². The van der Waals surface area contributed by atoms with Crippen LogP contribution in [0.15, 0.2) is 30.3 Å². The highest BCUT2D eigenvalue weighted by Gasteiger charge is 2.37. The quantitative estimate of drug-likeness (QED) is 0.208. The highest BCUT2D eigenvalue weighted by atomic mass is 16.3. The van der Waals surface area contributed by atoms with Crippen molar-refractivity contribution in [2.24, 2.45) is 11.5 Å². The van der Waals surface area contributed by atoms with Crippen molar-refractivity contribution >= 4 is 11.8 Å². The Morgan fingerprint density at radius 3 is 1.43 bits per heavy atom. The lowest BCUT2D eigenvalue weighted by molar-refractivity contribution is -0.143. The highest BCUT2D eigenvalue weighted by molar-refractivity contribution is 5.84. The van der Waals surface area contributed by atoms with Crippen LogP contribution in [0.2, 0.25) is 0 Å². The standard InChI is InChI=1S/C24H41N5O6/c25-21(32)23(34,18-30)16-28-11-4-9-27(15-20-7-2-1-3-8-20)10-5-12-29(14-6-13-28)17-24(35,19-31)22(26)33/h1-3,7-8,30-31,34-35H,4-6,9-19H2,(H2,25,32)(H2,26,33). The molecule has 2 unspecified atom stereocenters. The van der Waals surface area contributed by atoms with Gasteiger partial charge in [-0.1, -0.05) is 30.3 Å². The van der Waals surface area contributed by atoms with E-state index in [1.54, 1.807) is 0 Å². The van der Waals surface area contributed by atoms with Gasteiger partial charge in [-0.15, -0.1) is 0 Å². The number of primary amides is 2. The first kappa shape index (κ1) is 29.1. The number of hydrogen-bond acceptors (Lipinski definition) is 9. The molecule has 35 heavy (non-hydrogen) atoms. The second kappa shape index (κ2) is 13.8. The Morgan fingerprint density at radius 2 is 1.09 bits per heavy atom. The molecule has 2 amide bonds. The fourth-order valence-electron chi connectivity index (χ4n) is 4.36. The maximum atomic E-state index is 11.7. The summed E-state index contributed by atoms with van der Waals surface area (Å²) in [5.41, 5.74) is 7.76. The predicted octanol–water partition coefficient (Wildman–Crippen LogP) is -2.31. The number of benzene rings is 1. The van der Waals surface area contributed by atoms with E-state index < -0.39 is 36.2 Å². The molecule has 0 radical (unpaired) electrons. The fourth-order valence-corrected chi connectivity index (χ4v) is 4.36. The van der Waals surface area contributed by atoms with E-state index in [1.165, 1.54) is 5.56 Å². The molecular formula is C24H41N5O6. The molecule has 1 fully saturated rings. The van der Waals surface area contributed by atoms with Crippen LogP contribution in [0.5, 0.6) is 0 Å². The molecule has 1 aromatic carbocycles. The van der Waals surface area contributed by atoms with Gasteiger partial charge < -0.3 is 31.9 Å². The number of aliphatic hydroxyl groups excluding tert-OH is 2. The summed E-state index contributed by atoms with van der Waals surface area (Å²) in [4.78, 5) is 29.6. The first-order valence-electron chi connectivity index (χ1n) is 12.1. The molecule has 11 heteroatoms. The maximum Gasteiger partial charge on any atom is 0.253 e. The molecule has 1 aromatic rings. The Morgan fingerprint density at radius 1 is 0.714 bits per heavy atom. The van der Waals surface area contributed by atoms with Crippen LogP contribution in [0.1, 0.15) is 24.8 Å². The number of rotatable bonds is 10. The molecule has 1 aliphatic heterocycles. The molecule has 1 aliphatic rings. The first-order chi connectivity index (χ1) is 16.6. The van der Waals surface area contributed by atoms with E-state index in [1.807, 2.05) is 28.0 Å². The summed E-state index contributed by atoms with van der Waals surface area (Å²) < 4.78 is 0. The van der Waals surface area contributed by atoms with Crippen molar-refractivity contribution in [2.75, 3.05) is 65.6 Å². The third-order valence-corrected chi connectivity index (χ3v) is 6.51. The molecule has 1 saturated heterocycles. The normalized spacial score (nSPS) is 21.3. The van der Waals surface area contributed by atoms with Crippen LogP contribution in [0.3, 0.4) is 0 Å². The molecule has 0 bridgehead atoms. The third-order valence-electron chi connectivity index (χ3n) is 6.51. The van der Waals surface area contributed by atoms with Crippen LogP contribution in [0.4, 0.5) is 0 Å². The molecular weight excluding hydrogens is 454 g/mol. The van der Waals surface area contributed by atoms with Gasteiger partial charge in [0.05, 0.1) is 13.2 Å². The Labute approximate surface area is 206 Å². The monoisotopic (exact) mass is 495 g/mol. The highest BCUT2D eigenvalue weighted by Crippen LogP contribution is 2.13. The van der Waals surface area contributed by atoms with Gasteiger partial charge in [-0.3, -0.25) is 24.3 Å². The summed E-state index contributed by atoms with van der Waals surface area (Å²) in [7, 11) is 0. The van der Waals surface area contributed by atoms with Crippen molar-refractivity contribution in [3.63, 3.8) is 0 Å². The van der Waals surface area contributed by atoms with Crippen LogP contribution in [0, 0.1) is 0 Å². The van der Waals surface area contributed by atoms with Crippen LogP contribution in [0.25, 0.3) is 0 Å². The van der Waals surface area contributed by atoms with E-state index in [0.29, 0.717) is 32.6 Å². The lowest BCUT2D eigenvalue weighted by atomic mass is 10.0. The largest absolute Gasteiger partial charge is 0.393 e. The molecule has 0 aromatic heterocycles. The zero-order chi connectivity index (χ0) is 25.9. The molecule has 2 rings (SSSR count). The van der Waals surface area contributed by atoms with Crippen LogP contribution >= 0.6 is 0 Å². The zero-order valence-corrected chi connectivity index (χ0v) is 20.4. The molecule has 11 nitrogen and oxygen atoms in total. The molecule has 8 N–H and O–H groups in total. The first-order valence-corrected chi connectivity index (χ1v) is 12.1. The van der Waals surface area contributed by atoms with Crippen molar-refractivity contribution < 1.29 is 30.0 Å². The molecule has 2 atom stereocenters. The zero-order valence-electron chi connectivity index (χ0n) is 20.4. The van der Waals surface area contributed by atoms with Gasteiger partial charge in [-0.25, -0.2) is 0 Å². The topological polar surface area (TPSA) is 177 Å². The second-order valence-corrected chi connectivity index (χ2v) is 9.48. The van der Waals surface area contributed by atoms with Crippen molar-refractivity contribution in [1.82, 2.24) is 14.7 Å². The van der Waals surface area contributed by atoms with E-state index in [-0.39, 0.29) is 13.1 Å². The number of carbonyl (C=O) groups excluding carboxylic acids is 2. The summed E-state index contributed by atoms with van der Waals surface area (Å²) in [5, 5.41) is 40.1. The van der Waals surface area contributed by atoms with Gasteiger partial charge in [-0.2, -0.15) is 0 Å². The summed E-state index contributed by atoms with van der Waals surface area (Å²) in [6, 6.07) is 10.1. The van der Waals surface area contributed by atoms with Gasteiger partial charge in [-0.05, 0) is 64.1 Å². The summed E-state index contributed by atoms with van der Waals surface area (Å²) in [6.45, 7) is 2.75. The minimum atomic E-state index is -2.04. The van der Waals surface area contributed by atoms with Crippen LogP contribution < -0.4 is 11.5 Å². The minimum Gasteiger partial charge on any atom is -0.393 e. The van der Waals surface area contributed by atoms with E-state index in [2.05, 4.69) is 17.0 Å². The van der Waals surface area contributed by atoms with Crippen molar-refractivity contribution in [3.8, 4) is 0 Å². The number of nitrogens with zero attached hydrogens (tertiary/aromatic N) is 3. The average Bonchev–Trinajstić information content (AvgIpc) is 2.82. The minimum absolute atomic E-state index is 0.0978. The molecule has 0 saturated carbocycles. The average molecular weight is 496 g/mol. The predicted molar refractivity (Wildman–Crippen MR) is 131 cm³/mol. The van der Waals surface area contributed by atoms with Gasteiger partial charge in [0.2, 0.25) is 0 Å². The Kier molecular flexibility index (Phi) is 11.5. The SMILES string of the molecule is NC(=O)C(O)(CO)CN1CCCN(Cc2ccccc2)CCCN(CC(O)(CO)C(N)=O)CCC1. The van der Waals surface area contributed by atoms with Crippen LogP contribution in [-0.2, 0) is 16.1 Å².